The molecule has 0 saturated heterocycles. The Hall–Kier alpha value is -1.71. The Bertz CT molecular complexity index is 675. The Labute approximate surface area is 179 Å². The summed E-state index contributed by atoms with van der Waals surface area (Å²) < 4.78 is 41.3. The second-order valence-corrected chi connectivity index (χ2v) is 9.12. The molecule has 1 aromatic carbocycles. The van der Waals surface area contributed by atoms with E-state index >= 15 is 0 Å². The highest BCUT2D eigenvalue weighted by molar-refractivity contribution is 5.30. The number of alkyl halides is 3. The third-order valence-electron chi connectivity index (χ3n) is 7.30. The lowest BCUT2D eigenvalue weighted by atomic mass is 9.66. The van der Waals surface area contributed by atoms with Crippen LogP contribution < -0.4 is 4.74 Å². The summed E-state index contributed by atoms with van der Waals surface area (Å²) in [6, 6.07) is 6.47. The fourth-order valence-corrected chi connectivity index (χ4v) is 5.80. The lowest BCUT2D eigenvalue weighted by Crippen LogP contribution is -2.27. The van der Waals surface area contributed by atoms with E-state index in [9.17, 15) is 13.2 Å². The lowest BCUT2D eigenvalue weighted by molar-refractivity contribution is -0.274. The molecule has 1 aromatic rings. The molecule has 2 aliphatic rings. The first-order valence-corrected chi connectivity index (χ1v) is 11.5. The zero-order chi connectivity index (χ0) is 21.6. The summed E-state index contributed by atoms with van der Waals surface area (Å²) >= 11 is 0. The molecule has 166 valence electrons. The first-order chi connectivity index (χ1) is 14.4. The molecule has 0 aliphatic heterocycles. The van der Waals surface area contributed by atoms with Gasteiger partial charge in [0.25, 0.3) is 0 Å². The third kappa shape index (κ3) is 6.39. The fourth-order valence-electron chi connectivity index (χ4n) is 5.80. The summed E-state index contributed by atoms with van der Waals surface area (Å²) in [5, 5.41) is 0. The molecule has 0 N–H and O–H groups in total. The molecule has 2 saturated carbocycles. The number of allylic oxidation sites excluding steroid dienone is 3. The van der Waals surface area contributed by atoms with Crippen LogP contribution >= 0.6 is 0 Å². The minimum absolute atomic E-state index is 0.152. The zero-order valence-corrected chi connectivity index (χ0v) is 18.0. The monoisotopic (exact) mass is 420 g/mol. The van der Waals surface area contributed by atoms with Crippen molar-refractivity contribution in [1.82, 2.24) is 0 Å². The zero-order valence-electron chi connectivity index (χ0n) is 18.0. The van der Waals surface area contributed by atoms with Crippen molar-refractivity contribution in [3.8, 4) is 5.75 Å². The van der Waals surface area contributed by atoms with E-state index in [2.05, 4.69) is 30.4 Å². The van der Waals surface area contributed by atoms with E-state index < -0.39 is 6.36 Å². The maximum absolute atomic E-state index is 12.4. The molecule has 1 unspecified atom stereocenters. The average Bonchev–Trinajstić information content (AvgIpc) is 2.73. The van der Waals surface area contributed by atoms with Gasteiger partial charge in [-0.25, -0.2) is 0 Å². The van der Waals surface area contributed by atoms with Gasteiger partial charge in [-0.1, -0.05) is 30.4 Å². The second kappa shape index (κ2) is 10.5. The summed E-state index contributed by atoms with van der Waals surface area (Å²) in [7, 11) is 0. The standard InChI is InChI=1S/C26H35F3O/c1-3-5-19-7-9-20(10-8-19)21-11-13-22(14-12-21)25(6-4-2)23-15-17-24(18-16-23)30-26(27,28)29/h3-5,15-22,25H,2,6-14H2,1H3/b5-3+/t19-,20-,21?,22?,25?. The van der Waals surface area contributed by atoms with Crippen LogP contribution in [0.1, 0.15) is 76.2 Å². The molecule has 0 amide bonds. The highest BCUT2D eigenvalue weighted by atomic mass is 19.4. The molecular weight excluding hydrogens is 385 g/mol. The second-order valence-electron chi connectivity index (χ2n) is 9.12. The molecule has 0 heterocycles. The molecule has 2 aliphatic carbocycles. The molecule has 0 aromatic heterocycles. The van der Waals surface area contributed by atoms with Crippen LogP contribution in [0.2, 0.25) is 0 Å². The maximum Gasteiger partial charge on any atom is 0.573 e. The first-order valence-electron chi connectivity index (χ1n) is 11.5. The Morgan fingerprint density at radius 2 is 1.53 bits per heavy atom. The van der Waals surface area contributed by atoms with Crippen LogP contribution in [0.25, 0.3) is 0 Å². The molecule has 4 heteroatoms. The SMILES string of the molecule is C=CCC(c1ccc(OC(F)(F)F)cc1)C1CCC([C@H]2CC[C@H](/C=C/C)CC2)CC1. The molecule has 1 nitrogen and oxygen atoms in total. The van der Waals surface area contributed by atoms with Crippen molar-refractivity contribution in [2.45, 2.75) is 77.0 Å². The topological polar surface area (TPSA) is 9.23 Å². The van der Waals surface area contributed by atoms with E-state index in [1.54, 1.807) is 12.1 Å². The molecule has 0 spiro atoms. The summed E-state index contributed by atoms with van der Waals surface area (Å²) in [4.78, 5) is 0. The van der Waals surface area contributed by atoms with Crippen LogP contribution in [0.4, 0.5) is 13.2 Å². The van der Waals surface area contributed by atoms with Gasteiger partial charge < -0.3 is 4.74 Å². The minimum atomic E-state index is -4.65. The summed E-state index contributed by atoms with van der Waals surface area (Å²) in [5.74, 6) is 3.26. The van der Waals surface area contributed by atoms with Crippen LogP contribution in [0.5, 0.6) is 5.75 Å². The van der Waals surface area contributed by atoms with E-state index in [1.807, 2.05) is 6.08 Å². The van der Waals surface area contributed by atoms with E-state index in [-0.39, 0.29) is 5.75 Å². The summed E-state index contributed by atoms with van der Waals surface area (Å²) in [5.41, 5.74) is 1.10. The van der Waals surface area contributed by atoms with Gasteiger partial charge in [0.05, 0.1) is 0 Å². The van der Waals surface area contributed by atoms with Crippen LogP contribution in [-0.4, -0.2) is 6.36 Å². The predicted molar refractivity (Wildman–Crippen MR) is 116 cm³/mol. The largest absolute Gasteiger partial charge is 0.573 e. The molecule has 1 atom stereocenters. The lowest BCUT2D eigenvalue weighted by Gasteiger charge is -2.39. The molecular formula is C26H35F3O. The van der Waals surface area contributed by atoms with Crippen molar-refractivity contribution >= 4 is 0 Å². The third-order valence-corrected chi connectivity index (χ3v) is 7.30. The molecule has 0 bridgehead atoms. The minimum Gasteiger partial charge on any atom is -0.406 e. The van der Waals surface area contributed by atoms with Gasteiger partial charge in [0.2, 0.25) is 0 Å². The summed E-state index contributed by atoms with van der Waals surface area (Å²) in [6.45, 7) is 6.03. The smallest absolute Gasteiger partial charge is 0.406 e. The maximum atomic E-state index is 12.4. The number of benzene rings is 1. The number of halogens is 3. The van der Waals surface area contributed by atoms with Crippen LogP contribution in [0, 0.1) is 23.7 Å². The van der Waals surface area contributed by atoms with Gasteiger partial charge in [-0.15, -0.1) is 19.8 Å². The summed E-state index contributed by atoms with van der Waals surface area (Å²) in [6.07, 6.45) is 13.1. The Balaban J connectivity index is 1.56. The predicted octanol–water partition coefficient (Wildman–Crippen LogP) is 8.43. The van der Waals surface area contributed by atoms with E-state index in [4.69, 9.17) is 0 Å². The number of hydrogen-bond acceptors (Lipinski definition) is 1. The van der Waals surface area contributed by atoms with Gasteiger partial charge in [0.15, 0.2) is 0 Å². The van der Waals surface area contributed by atoms with E-state index in [0.717, 1.165) is 29.7 Å². The highest BCUT2D eigenvalue weighted by Gasteiger charge is 2.34. The van der Waals surface area contributed by atoms with Gasteiger partial charge in [-0.3, -0.25) is 0 Å². The Kier molecular flexibility index (Phi) is 8.07. The number of rotatable bonds is 7. The average molecular weight is 421 g/mol. The van der Waals surface area contributed by atoms with Crippen molar-refractivity contribution < 1.29 is 17.9 Å². The highest BCUT2D eigenvalue weighted by Crippen LogP contribution is 2.46. The van der Waals surface area contributed by atoms with Crippen molar-refractivity contribution in [3.63, 3.8) is 0 Å². The molecule has 3 rings (SSSR count). The normalized spacial score (nSPS) is 28.9. The molecule has 30 heavy (non-hydrogen) atoms. The van der Waals surface area contributed by atoms with Gasteiger partial charge in [-0.05, 0) is 112 Å². The first kappa shape index (κ1) is 23.0. The molecule has 2 fully saturated rings. The Morgan fingerprint density at radius 3 is 2.03 bits per heavy atom. The van der Waals surface area contributed by atoms with Gasteiger partial charge in [0.1, 0.15) is 5.75 Å². The number of hydrogen-bond donors (Lipinski definition) is 0. The van der Waals surface area contributed by atoms with Gasteiger partial charge in [0, 0.05) is 0 Å². The van der Waals surface area contributed by atoms with E-state index in [1.165, 1.54) is 63.5 Å². The van der Waals surface area contributed by atoms with Gasteiger partial charge in [-0.2, -0.15) is 0 Å². The molecule has 0 radical (unpaired) electrons. The van der Waals surface area contributed by atoms with Crippen LogP contribution in [0.3, 0.4) is 0 Å². The van der Waals surface area contributed by atoms with Crippen LogP contribution in [0.15, 0.2) is 49.1 Å². The Morgan fingerprint density at radius 1 is 0.967 bits per heavy atom. The van der Waals surface area contributed by atoms with Gasteiger partial charge >= 0.3 is 6.36 Å². The van der Waals surface area contributed by atoms with Crippen molar-refractivity contribution in [2.24, 2.45) is 23.7 Å². The fraction of sp³-hybridized carbons (Fsp3) is 0.615. The van der Waals surface area contributed by atoms with Crippen LogP contribution in [-0.2, 0) is 0 Å². The van der Waals surface area contributed by atoms with Crippen molar-refractivity contribution in [1.29, 1.82) is 0 Å². The number of ether oxygens (including phenoxy) is 1. The quantitative estimate of drug-likeness (QED) is 0.402. The van der Waals surface area contributed by atoms with Crippen molar-refractivity contribution in [2.75, 3.05) is 0 Å². The van der Waals surface area contributed by atoms with E-state index in [0.29, 0.717) is 11.8 Å². The van der Waals surface area contributed by atoms with Crippen molar-refractivity contribution in [3.05, 3.63) is 54.6 Å².